The van der Waals surface area contributed by atoms with Crippen LogP contribution < -0.4 is 10.6 Å². The number of fused-ring (bicyclic) bond motifs is 1. The molecule has 1 unspecified atom stereocenters. The Hall–Kier alpha value is -3.31. The van der Waals surface area contributed by atoms with Gasteiger partial charge in [-0.3, -0.25) is 19.3 Å². The van der Waals surface area contributed by atoms with Gasteiger partial charge in [0.15, 0.2) is 0 Å². The highest BCUT2D eigenvalue weighted by Crippen LogP contribution is 2.29. The van der Waals surface area contributed by atoms with E-state index < -0.39 is 29.6 Å². The normalized spacial score (nSPS) is 13.8. The van der Waals surface area contributed by atoms with Gasteiger partial charge in [0, 0.05) is 26.6 Å². The van der Waals surface area contributed by atoms with Crippen molar-refractivity contribution in [3.63, 3.8) is 0 Å². The van der Waals surface area contributed by atoms with Crippen LogP contribution in [0.3, 0.4) is 0 Å². The molecule has 204 valence electrons. The van der Waals surface area contributed by atoms with Crippen molar-refractivity contribution < 1.29 is 38.2 Å². The van der Waals surface area contributed by atoms with Crippen LogP contribution in [0.5, 0.6) is 0 Å². The quantitative estimate of drug-likeness (QED) is 0.203. The van der Waals surface area contributed by atoms with E-state index in [0.717, 1.165) is 4.90 Å². The highest BCUT2D eigenvalue weighted by atomic mass is 16.6. The second-order valence-corrected chi connectivity index (χ2v) is 9.49. The molecule has 1 atom stereocenters. The standard InChI is InChI=1S/C26H37N3O8/c1-26(2,3)37-25(34)28-12-14-36-16-15-35-13-6-8-18-7-5-9-20-22(18)24(33)29(23(20)32)19(17-30)10-11-21(31)27-4/h5,7,9,17,19H,6,8,10-16H2,1-4H3,(H,27,31)(H,28,34). The fourth-order valence-electron chi connectivity index (χ4n) is 3.77. The van der Waals surface area contributed by atoms with E-state index in [4.69, 9.17) is 14.2 Å². The Bertz CT molecular complexity index is 973. The summed E-state index contributed by atoms with van der Waals surface area (Å²) in [5, 5.41) is 5.07. The summed E-state index contributed by atoms with van der Waals surface area (Å²) in [5.74, 6) is -1.31. The van der Waals surface area contributed by atoms with Crippen molar-refractivity contribution in [2.45, 2.75) is 58.1 Å². The summed E-state index contributed by atoms with van der Waals surface area (Å²) >= 11 is 0. The number of nitrogens with zero attached hydrogens (tertiary/aromatic N) is 1. The number of amides is 4. The van der Waals surface area contributed by atoms with E-state index in [1.807, 2.05) is 0 Å². The van der Waals surface area contributed by atoms with E-state index in [9.17, 15) is 24.0 Å². The fourth-order valence-corrected chi connectivity index (χ4v) is 3.77. The molecule has 1 heterocycles. The second-order valence-electron chi connectivity index (χ2n) is 9.49. The smallest absolute Gasteiger partial charge is 0.407 e. The monoisotopic (exact) mass is 519 g/mol. The lowest BCUT2D eigenvalue weighted by molar-refractivity contribution is -0.121. The molecule has 1 aromatic carbocycles. The highest BCUT2D eigenvalue weighted by Gasteiger charge is 2.41. The SMILES string of the molecule is CNC(=O)CCC(C=O)N1C(=O)c2cccc(CCCOCCOCCNC(=O)OC(C)(C)C)c2C1=O. The molecule has 0 bridgehead atoms. The third-order valence-electron chi connectivity index (χ3n) is 5.49. The van der Waals surface area contributed by atoms with Crippen molar-refractivity contribution in [3.8, 4) is 0 Å². The van der Waals surface area contributed by atoms with Gasteiger partial charge in [0.05, 0.1) is 37.0 Å². The van der Waals surface area contributed by atoms with E-state index in [0.29, 0.717) is 63.2 Å². The molecular formula is C26H37N3O8. The molecule has 11 nitrogen and oxygen atoms in total. The van der Waals surface area contributed by atoms with E-state index >= 15 is 0 Å². The number of imide groups is 1. The molecule has 0 aromatic heterocycles. The summed E-state index contributed by atoms with van der Waals surface area (Å²) in [4.78, 5) is 61.6. The van der Waals surface area contributed by atoms with Crippen LogP contribution in [0.15, 0.2) is 18.2 Å². The number of aryl methyl sites for hydroxylation is 1. The molecule has 2 N–H and O–H groups in total. The molecule has 1 aliphatic heterocycles. The Balaban J connectivity index is 1.74. The van der Waals surface area contributed by atoms with Crippen LogP contribution in [-0.4, -0.2) is 86.7 Å². The number of benzene rings is 1. The minimum absolute atomic E-state index is 0.0292. The van der Waals surface area contributed by atoms with Gasteiger partial charge in [0.25, 0.3) is 11.8 Å². The number of aldehydes is 1. The molecule has 1 aliphatic rings. The zero-order chi connectivity index (χ0) is 27.4. The van der Waals surface area contributed by atoms with Crippen LogP contribution in [-0.2, 0) is 30.2 Å². The summed E-state index contributed by atoms with van der Waals surface area (Å²) in [6, 6.07) is 4.07. The number of ether oxygens (including phenoxy) is 3. The first-order valence-electron chi connectivity index (χ1n) is 12.4. The zero-order valence-corrected chi connectivity index (χ0v) is 22.0. The average molecular weight is 520 g/mol. The predicted octanol–water partition coefficient (Wildman–Crippen LogP) is 1.87. The lowest BCUT2D eigenvalue weighted by Crippen LogP contribution is -2.41. The van der Waals surface area contributed by atoms with Gasteiger partial charge in [-0.05, 0) is 51.7 Å². The van der Waals surface area contributed by atoms with Gasteiger partial charge in [-0.15, -0.1) is 0 Å². The van der Waals surface area contributed by atoms with Gasteiger partial charge in [0.2, 0.25) is 5.91 Å². The van der Waals surface area contributed by atoms with E-state index in [2.05, 4.69) is 10.6 Å². The molecule has 0 radical (unpaired) electrons. The van der Waals surface area contributed by atoms with Gasteiger partial charge in [-0.1, -0.05) is 12.1 Å². The Morgan fingerprint density at radius 2 is 1.76 bits per heavy atom. The first-order valence-corrected chi connectivity index (χ1v) is 12.4. The molecule has 2 rings (SSSR count). The average Bonchev–Trinajstić information content (AvgIpc) is 3.10. The molecule has 4 amide bonds. The summed E-state index contributed by atoms with van der Waals surface area (Å²) in [6.07, 6.45) is 1.27. The molecule has 0 saturated carbocycles. The largest absolute Gasteiger partial charge is 0.444 e. The van der Waals surface area contributed by atoms with E-state index in [-0.39, 0.29) is 24.3 Å². The summed E-state index contributed by atoms with van der Waals surface area (Å²) in [6.45, 7) is 7.19. The molecule has 1 aromatic rings. The van der Waals surface area contributed by atoms with Crippen molar-refractivity contribution in [2.75, 3.05) is 40.0 Å². The van der Waals surface area contributed by atoms with Crippen LogP contribution in [0, 0.1) is 0 Å². The van der Waals surface area contributed by atoms with E-state index in [1.165, 1.54) is 7.05 Å². The molecule has 0 aliphatic carbocycles. The lowest BCUT2D eigenvalue weighted by atomic mass is 9.99. The first kappa shape index (κ1) is 29.9. The van der Waals surface area contributed by atoms with Crippen LogP contribution in [0.4, 0.5) is 4.79 Å². The van der Waals surface area contributed by atoms with Gasteiger partial charge in [0.1, 0.15) is 11.9 Å². The maximum absolute atomic E-state index is 13.1. The van der Waals surface area contributed by atoms with Crippen LogP contribution >= 0.6 is 0 Å². The number of carbonyl (C=O) groups is 5. The Labute approximate surface area is 217 Å². The van der Waals surface area contributed by atoms with Crippen molar-refractivity contribution in [1.29, 1.82) is 0 Å². The minimum Gasteiger partial charge on any atom is -0.444 e. The highest BCUT2D eigenvalue weighted by molar-refractivity contribution is 6.23. The Morgan fingerprint density at radius 3 is 2.41 bits per heavy atom. The molecule has 0 saturated heterocycles. The van der Waals surface area contributed by atoms with E-state index in [1.54, 1.807) is 39.0 Å². The number of rotatable bonds is 15. The number of nitrogens with one attached hydrogen (secondary N) is 2. The zero-order valence-electron chi connectivity index (χ0n) is 22.0. The number of alkyl carbamates (subject to hydrolysis) is 1. The van der Waals surface area contributed by atoms with Gasteiger partial charge < -0.3 is 29.6 Å². The maximum atomic E-state index is 13.1. The predicted molar refractivity (Wildman–Crippen MR) is 134 cm³/mol. The van der Waals surface area contributed by atoms with Gasteiger partial charge in [-0.2, -0.15) is 0 Å². The third kappa shape index (κ3) is 9.25. The molecule has 11 heteroatoms. The summed E-state index contributed by atoms with van der Waals surface area (Å²) < 4.78 is 16.1. The van der Waals surface area contributed by atoms with Gasteiger partial charge in [-0.25, -0.2) is 4.79 Å². The number of hydrogen-bond donors (Lipinski definition) is 2. The summed E-state index contributed by atoms with van der Waals surface area (Å²) in [7, 11) is 1.48. The lowest BCUT2D eigenvalue weighted by Gasteiger charge is -2.21. The Kier molecular flexibility index (Phi) is 11.7. The molecule has 0 fully saturated rings. The maximum Gasteiger partial charge on any atom is 0.407 e. The fraction of sp³-hybridized carbons (Fsp3) is 0.577. The number of hydrogen-bond acceptors (Lipinski definition) is 8. The van der Waals surface area contributed by atoms with Crippen LogP contribution in [0.25, 0.3) is 0 Å². The first-order chi connectivity index (χ1) is 17.6. The van der Waals surface area contributed by atoms with Gasteiger partial charge >= 0.3 is 6.09 Å². The van der Waals surface area contributed by atoms with Crippen molar-refractivity contribution in [3.05, 3.63) is 34.9 Å². The topological polar surface area (TPSA) is 140 Å². The van der Waals surface area contributed by atoms with Crippen molar-refractivity contribution in [2.24, 2.45) is 0 Å². The molecule has 37 heavy (non-hydrogen) atoms. The molecular weight excluding hydrogens is 482 g/mol. The van der Waals surface area contributed by atoms with Crippen molar-refractivity contribution in [1.82, 2.24) is 15.5 Å². The molecule has 0 spiro atoms. The second kappa shape index (κ2) is 14.4. The van der Waals surface area contributed by atoms with Crippen LogP contribution in [0.2, 0.25) is 0 Å². The summed E-state index contributed by atoms with van der Waals surface area (Å²) in [5.41, 5.74) is 0.734. The Morgan fingerprint density at radius 1 is 1.05 bits per heavy atom. The van der Waals surface area contributed by atoms with Crippen LogP contribution in [0.1, 0.15) is 66.3 Å². The minimum atomic E-state index is -1.000. The third-order valence-corrected chi connectivity index (χ3v) is 5.49. The van der Waals surface area contributed by atoms with Crippen molar-refractivity contribution >= 4 is 30.1 Å². The number of carbonyl (C=O) groups excluding carboxylic acids is 5.